The zero-order valence-electron chi connectivity index (χ0n) is 22.9. The highest BCUT2D eigenvalue weighted by atomic mass is 35.5. The first-order valence-electron chi connectivity index (χ1n) is 12.5. The molecule has 2 aromatic carbocycles. The van der Waals surface area contributed by atoms with E-state index in [-0.39, 0.29) is 35.3 Å². The molecular weight excluding hydrogens is 626 g/mol. The Balaban J connectivity index is 1.77. The molecule has 0 bridgehead atoms. The molecule has 0 saturated heterocycles. The number of rotatable bonds is 11. The van der Waals surface area contributed by atoms with Crippen LogP contribution >= 0.6 is 23.2 Å². The minimum atomic E-state index is -5.82. The molecule has 1 amide bonds. The molecule has 0 aromatic heterocycles. The van der Waals surface area contributed by atoms with Crippen LogP contribution in [-0.2, 0) is 21.4 Å². The fourth-order valence-electron chi connectivity index (χ4n) is 4.17. The molecule has 1 N–H and O–H groups in total. The van der Waals surface area contributed by atoms with Crippen molar-refractivity contribution in [3.05, 3.63) is 76.3 Å². The minimum Gasteiger partial charge on any atom is -0.357 e. The van der Waals surface area contributed by atoms with Crippen LogP contribution in [0.1, 0.15) is 25.8 Å². The quantitative estimate of drug-likeness (QED) is 0.304. The van der Waals surface area contributed by atoms with Crippen LogP contribution in [0.15, 0.2) is 70.6 Å². The van der Waals surface area contributed by atoms with Crippen LogP contribution in [0.25, 0.3) is 0 Å². The second-order valence-corrected chi connectivity index (χ2v) is 13.1. The number of hydrogen-bond donors (Lipinski definition) is 1. The molecule has 1 aliphatic heterocycles. The van der Waals surface area contributed by atoms with Crippen molar-refractivity contribution in [2.45, 2.75) is 55.4 Å². The second-order valence-electron chi connectivity index (χ2n) is 10.3. The van der Waals surface area contributed by atoms with Crippen molar-refractivity contribution in [1.82, 2.24) is 14.5 Å². The van der Waals surface area contributed by atoms with Gasteiger partial charge in [-0.25, -0.2) is 8.42 Å². The average molecular weight is 656 g/mol. The minimum absolute atomic E-state index is 0.0399. The maximum Gasteiger partial charge on any atom is 0.455 e. The fourth-order valence-corrected chi connectivity index (χ4v) is 5.95. The van der Waals surface area contributed by atoms with Crippen molar-refractivity contribution >= 4 is 45.0 Å². The van der Waals surface area contributed by atoms with Gasteiger partial charge in [0, 0.05) is 20.1 Å². The predicted molar refractivity (Wildman–Crippen MR) is 151 cm³/mol. The summed E-state index contributed by atoms with van der Waals surface area (Å²) in [5.41, 5.74) is -0.368. The van der Waals surface area contributed by atoms with Crippen LogP contribution in [0.3, 0.4) is 0 Å². The standard InChI is InChI=1S/C27H29Cl2F5N4O3S/c1-17(23-35-22(25(2,3)36-23)24(39)37(4)16-26(30,31)27(32,33)34)12-13-38(15-18-10-11-20(28)21(29)14-18)42(40,41)19-8-6-5-7-9-19/h5-11,14,22H,1,12-13,15-16H2,2-4H3,(H,35,36)/t22-/m0/s1. The van der Waals surface area contributed by atoms with E-state index >= 15 is 0 Å². The number of halogens is 7. The number of alkyl halides is 5. The molecule has 15 heteroatoms. The largest absolute Gasteiger partial charge is 0.455 e. The molecule has 3 rings (SSSR count). The molecule has 0 unspecified atom stereocenters. The van der Waals surface area contributed by atoms with Crippen LogP contribution in [0.4, 0.5) is 22.0 Å². The van der Waals surface area contributed by atoms with Crippen LogP contribution in [0, 0.1) is 0 Å². The van der Waals surface area contributed by atoms with Gasteiger partial charge >= 0.3 is 12.1 Å². The molecule has 0 spiro atoms. The number of amides is 1. The highest BCUT2D eigenvalue weighted by molar-refractivity contribution is 7.89. The van der Waals surface area contributed by atoms with Gasteiger partial charge in [-0.15, -0.1) is 0 Å². The summed E-state index contributed by atoms with van der Waals surface area (Å²) >= 11 is 12.1. The van der Waals surface area contributed by atoms with Crippen molar-refractivity contribution in [2.75, 3.05) is 20.1 Å². The molecule has 2 aromatic rings. The third-order valence-corrected chi connectivity index (χ3v) is 9.18. The number of nitrogens with zero attached hydrogens (tertiary/aromatic N) is 3. The van der Waals surface area contributed by atoms with E-state index in [1.165, 1.54) is 30.3 Å². The summed E-state index contributed by atoms with van der Waals surface area (Å²) in [7, 11) is -3.15. The number of amidine groups is 1. The molecule has 42 heavy (non-hydrogen) atoms. The fraction of sp³-hybridized carbons (Fsp3) is 0.407. The number of carbonyl (C=O) groups excluding carboxylic acids is 1. The van der Waals surface area contributed by atoms with Gasteiger partial charge in [0.2, 0.25) is 15.9 Å². The average Bonchev–Trinajstić information content (AvgIpc) is 3.22. The lowest BCUT2D eigenvalue weighted by molar-refractivity contribution is -0.284. The third kappa shape index (κ3) is 7.61. The molecule has 7 nitrogen and oxygen atoms in total. The Kier molecular flexibility index (Phi) is 10.0. The van der Waals surface area contributed by atoms with Crippen LogP contribution in [0.5, 0.6) is 0 Å². The maximum atomic E-state index is 13.6. The van der Waals surface area contributed by atoms with Gasteiger partial charge in [-0.2, -0.15) is 26.3 Å². The van der Waals surface area contributed by atoms with Crippen molar-refractivity contribution in [3.63, 3.8) is 0 Å². The number of sulfonamides is 1. The lowest BCUT2D eigenvalue weighted by Crippen LogP contribution is -2.56. The van der Waals surface area contributed by atoms with Crippen LogP contribution in [-0.4, -0.2) is 73.2 Å². The van der Waals surface area contributed by atoms with E-state index < -0.39 is 46.2 Å². The van der Waals surface area contributed by atoms with E-state index in [0.29, 0.717) is 21.1 Å². The Labute approximate surface area is 251 Å². The highest BCUT2D eigenvalue weighted by Crippen LogP contribution is 2.36. The molecule has 0 aliphatic carbocycles. The topological polar surface area (TPSA) is 82.1 Å². The summed E-state index contributed by atoms with van der Waals surface area (Å²) < 4.78 is 93.4. The van der Waals surface area contributed by atoms with E-state index in [9.17, 15) is 35.2 Å². The Morgan fingerprint density at radius 2 is 1.69 bits per heavy atom. The summed E-state index contributed by atoms with van der Waals surface area (Å²) in [4.78, 5) is 17.7. The molecule has 230 valence electrons. The highest BCUT2D eigenvalue weighted by Gasteiger charge is 2.58. The summed E-state index contributed by atoms with van der Waals surface area (Å²) in [6, 6.07) is 11.2. The van der Waals surface area contributed by atoms with Crippen LogP contribution < -0.4 is 5.32 Å². The van der Waals surface area contributed by atoms with Crippen molar-refractivity contribution in [1.29, 1.82) is 0 Å². The first-order chi connectivity index (χ1) is 19.3. The lowest BCUT2D eigenvalue weighted by atomic mass is 9.95. The first kappa shape index (κ1) is 33.8. The summed E-state index contributed by atoms with van der Waals surface area (Å²) in [6.07, 6.45) is -5.78. The number of benzene rings is 2. The van der Waals surface area contributed by atoms with E-state index in [1.807, 2.05) is 0 Å². The number of carbonyl (C=O) groups is 1. The van der Waals surface area contributed by atoms with Gasteiger partial charge in [-0.05, 0) is 55.7 Å². The number of likely N-dealkylation sites (N-methyl/N-ethyl adjacent to an activating group) is 1. The van der Waals surface area contributed by atoms with E-state index in [2.05, 4.69) is 16.9 Å². The Hall–Kier alpha value is -2.74. The number of hydrogen-bond acceptors (Lipinski definition) is 5. The predicted octanol–water partition coefficient (Wildman–Crippen LogP) is 5.94. The monoisotopic (exact) mass is 654 g/mol. The van der Waals surface area contributed by atoms with Crippen molar-refractivity contribution in [3.8, 4) is 0 Å². The van der Waals surface area contributed by atoms with Crippen LogP contribution in [0.2, 0.25) is 10.0 Å². The zero-order chi connectivity index (χ0) is 31.7. The number of nitrogens with one attached hydrogen (secondary N) is 1. The Bertz CT molecular complexity index is 1470. The summed E-state index contributed by atoms with van der Waals surface area (Å²) in [6.45, 7) is 4.96. The summed E-state index contributed by atoms with van der Waals surface area (Å²) in [5, 5.41) is 3.33. The number of aliphatic imine (C=N–C) groups is 1. The summed E-state index contributed by atoms with van der Waals surface area (Å²) in [5.74, 6) is -6.01. The van der Waals surface area contributed by atoms with Gasteiger partial charge < -0.3 is 10.2 Å². The van der Waals surface area contributed by atoms with E-state index in [0.717, 1.165) is 7.05 Å². The van der Waals surface area contributed by atoms with Crippen molar-refractivity contribution in [2.24, 2.45) is 4.99 Å². The molecule has 1 atom stereocenters. The van der Waals surface area contributed by atoms with Gasteiger partial charge in [-0.1, -0.05) is 54.0 Å². The molecule has 0 radical (unpaired) electrons. The molecule has 0 saturated carbocycles. The van der Waals surface area contributed by atoms with Gasteiger partial charge in [-0.3, -0.25) is 9.79 Å². The van der Waals surface area contributed by atoms with Gasteiger partial charge in [0.1, 0.15) is 11.9 Å². The van der Waals surface area contributed by atoms with E-state index in [1.54, 1.807) is 36.4 Å². The maximum absolute atomic E-state index is 13.6. The zero-order valence-corrected chi connectivity index (χ0v) is 25.2. The van der Waals surface area contributed by atoms with Gasteiger partial charge in [0.15, 0.2) is 0 Å². The SMILES string of the molecule is C=C(CCN(Cc1ccc(Cl)c(Cl)c1)S(=O)(=O)c1ccccc1)C1=NC(C)(C)[C@H](C(=O)N(C)CC(F)(F)C(F)(F)F)N1. The second kappa shape index (κ2) is 12.5. The normalized spacial score (nSPS) is 17.1. The van der Waals surface area contributed by atoms with Crippen molar-refractivity contribution < 1.29 is 35.2 Å². The van der Waals surface area contributed by atoms with Gasteiger partial charge in [0.25, 0.3) is 0 Å². The van der Waals surface area contributed by atoms with E-state index in [4.69, 9.17) is 23.2 Å². The Morgan fingerprint density at radius 3 is 2.26 bits per heavy atom. The Morgan fingerprint density at radius 1 is 1.07 bits per heavy atom. The third-order valence-electron chi connectivity index (χ3n) is 6.58. The van der Waals surface area contributed by atoms with Gasteiger partial charge in [0.05, 0.1) is 27.0 Å². The molecule has 0 fully saturated rings. The molecular formula is C27H29Cl2F5N4O3S. The first-order valence-corrected chi connectivity index (χ1v) is 14.7. The smallest absolute Gasteiger partial charge is 0.357 e. The molecule has 1 heterocycles. The lowest BCUT2D eigenvalue weighted by Gasteiger charge is -2.31. The molecule has 1 aliphatic rings.